The normalized spacial score (nSPS) is 13.6. The van der Waals surface area contributed by atoms with Gasteiger partial charge >= 0.3 is 6.61 Å². The van der Waals surface area contributed by atoms with Crippen molar-refractivity contribution in [3.8, 4) is 5.75 Å². The van der Waals surface area contributed by atoms with Gasteiger partial charge in [0, 0.05) is 25.4 Å². The van der Waals surface area contributed by atoms with E-state index in [1.165, 1.54) is 12.1 Å². The van der Waals surface area contributed by atoms with Gasteiger partial charge in [-0.3, -0.25) is 4.68 Å². The lowest BCUT2D eigenvalue weighted by Gasteiger charge is -2.23. The second-order valence-electron chi connectivity index (χ2n) is 6.25. The summed E-state index contributed by atoms with van der Waals surface area (Å²) in [7, 11) is 1.78. The first-order chi connectivity index (χ1) is 12.8. The van der Waals surface area contributed by atoms with Crippen molar-refractivity contribution >= 4 is 29.9 Å². The summed E-state index contributed by atoms with van der Waals surface area (Å²) in [6, 6.07) is 6.40. The minimum Gasteiger partial charge on any atom is -0.435 e. The average Bonchev–Trinajstić information content (AvgIpc) is 3.04. The molecule has 7 nitrogen and oxygen atoms in total. The summed E-state index contributed by atoms with van der Waals surface area (Å²) in [6.07, 6.45) is 3.36. The van der Waals surface area contributed by atoms with E-state index in [9.17, 15) is 13.9 Å². The number of aromatic nitrogens is 2. The van der Waals surface area contributed by atoms with E-state index in [1.54, 1.807) is 43.2 Å². The molecular weight excluding hydrogens is 483 g/mol. The number of hydrogen-bond acceptors (Lipinski definition) is 4. The van der Waals surface area contributed by atoms with Gasteiger partial charge in [0.25, 0.3) is 0 Å². The summed E-state index contributed by atoms with van der Waals surface area (Å²) >= 11 is 0. The van der Waals surface area contributed by atoms with Gasteiger partial charge in [-0.05, 0) is 31.5 Å². The first kappa shape index (κ1) is 24.1. The van der Waals surface area contributed by atoms with E-state index < -0.39 is 12.2 Å². The lowest BCUT2D eigenvalue weighted by molar-refractivity contribution is -0.0498. The number of benzene rings is 1. The van der Waals surface area contributed by atoms with Crippen LogP contribution < -0.4 is 15.4 Å². The van der Waals surface area contributed by atoms with Crippen molar-refractivity contribution in [2.75, 3.05) is 13.1 Å². The molecular formula is C18H26F2IN5O2. The van der Waals surface area contributed by atoms with E-state index in [-0.39, 0.29) is 42.8 Å². The highest BCUT2D eigenvalue weighted by Crippen LogP contribution is 2.19. The fourth-order valence-corrected chi connectivity index (χ4v) is 2.39. The van der Waals surface area contributed by atoms with Crippen LogP contribution in [0.3, 0.4) is 0 Å². The van der Waals surface area contributed by atoms with Crippen molar-refractivity contribution in [3.63, 3.8) is 0 Å². The van der Waals surface area contributed by atoms with Crippen molar-refractivity contribution in [1.82, 2.24) is 20.4 Å². The van der Waals surface area contributed by atoms with Gasteiger partial charge < -0.3 is 20.5 Å². The molecule has 2 rings (SSSR count). The van der Waals surface area contributed by atoms with E-state index >= 15 is 0 Å². The van der Waals surface area contributed by atoms with Gasteiger partial charge in [-0.25, -0.2) is 4.99 Å². The van der Waals surface area contributed by atoms with E-state index in [0.29, 0.717) is 18.1 Å². The Morgan fingerprint density at radius 1 is 1.39 bits per heavy atom. The van der Waals surface area contributed by atoms with Crippen molar-refractivity contribution in [3.05, 3.63) is 47.8 Å². The summed E-state index contributed by atoms with van der Waals surface area (Å²) in [4.78, 5) is 4.43. The molecule has 2 aromatic rings. The first-order valence-electron chi connectivity index (χ1n) is 8.57. The third-order valence-electron chi connectivity index (χ3n) is 3.81. The van der Waals surface area contributed by atoms with Crippen LogP contribution in [-0.4, -0.2) is 40.5 Å². The highest BCUT2D eigenvalue weighted by atomic mass is 127. The Bertz CT molecular complexity index is 768. The highest BCUT2D eigenvalue weighted by Gasteiger charge is 2.24. The molecule has 0 saturated carbocycles. The highest BCUT2D eigenvalue weighted by molar-refractivity contribution is 14.0. The third kappa shape index (κ3) is 7.58. The largest absolute Gasteiger partial charge is 0.435 e. The fraction of sp³-hybridized carbons (Fsp3) is 0.444. The van der Waals surface area contributed by atoms with E-state index in [4.69, 9.17) is 0 Å². The Hall–Kier alpha value is -1.95. The molecule has 0 aliphatic heterocycles. The fourth-order valence-electron chi connectivity index (χ4n) is 2.39. The second-order valence-corrected chi connectivity index (χ2v) is 6.25. The molecule has 1 heterocycles. The first-order valence-corrected chi connectivity index (χ1v) is 8.57. The molecule has 10 heteroatoms. The molecule has 28 heavy (non-hydrogen) atoms. The van der Waals surface area contributed by atoms with Gasteiger partial charge in [-0.15, -0.1) is 24.0 Å². The van der Waals surface area contributed by atoms with E-state index in [1.807, 2.05) is 6.92 Å². The summed E-state index contributed by atoms with van der Waals surface area (Å²) < 4.78 is 30.7. The predicted molar refractivity (Wildman–Crippen MR) is 114 cm³/mol. The van der Waals surface area contributed by atoms with Crippen molar-refractivity contribution in [2.45, 2.75) is 32.6 Å². The van der Waals surface area contributed by atoms with Crippen LogP contribution in [0, 0.1) is 0 Å². The summed E-state index contributed by atoms with van der Waals surface area (Å²) in [5, 5.41) is 20.9. The zero-order valence-electron chi connectivity index (χ0n) is 16.0. The SMILES string of the molecule is CCNC(=NCc1cccc(OC(F)F)c1)NCC(C)(O)c1cnn(C)c1.I. The number of aliphatic hydroxyl groups is 1. The summed E-state index contributed by atoms with van der Waals surface area (Å²) in [5.41, 5.74) is 0.282. The maximum atomic E-state index is 12.3. The van der Waals surface area contributed by atoms with Crippen LogP contribution in [0.15, 0.2) is 41.7 Å². The summed E-state index contributed by atoms with van der Waals surface area (Å²) in [5.74, 6) is 0.594. The number of rotatable bonds is 8. The minimum absolute atomic E-state index is 0. The van der Waals surface area contributed by atoms with E-state index in [0.717, 1.165) is 5.56 Å². The molecule has 0 fully saturated rings. The Kier molecular flexibility index (Phi) is 9.59. The number of hydrogen-bond donors (Lipinski definition) is 3. The van der Waals surface area contributed by atoms with Gasteiger partial charge in [-0.1, -0.05) is 12.1 Å². The molecule has 1 atom stereocenters. The second kappa shape index (κ2) is 11.1. The number of nitrogens with one attached hydrogen (secondary N) is 2. The molecule has 1 aromatic carbocycles. The molecule has 0 spiro atoms. The van der Waals surface area contributed by atoms with Crippen LogP contribution >= 0.6 is 24.0 Å². The molecule has 0 aliphatic rings. The summed E-state index contributed by atoms with van der Waals surface area (Å²) in [6.45, 7) is 1.87. The number of halogens is 3. The molecule has 0 amide bonds. The molecule has 156 valence electrons. The molecule has 1 unspecified atom stereocenters. The zero-order valence-corrected chi connectivity index (χ0v) is 18.4. The molecule has 0 aliphatic carbocycles. The van der Waals surface area contributed by atoms with Crippen molar-refractivity contribution in [1.29, 1.82) is 0 Å². The van der Waals surface area contributed by atoms with Gasteiger partial charge in [0.05, 0.1) is 19.3 Å². The maximum absolute atomic E-state index is 12.3. The van der Waals surface area contributed by atoms with Crippen molar-refractivity contribution in [2.24, 2.45) is 12.0 Å². The van der Waals surface area contributed by atoms with Crippen LogP contribution in [0.25, 0.3) is 0 Å². The number of aliphatic imine (C=N–C) groups is 1. The van der Waals surface area contributed by atoms with Crippen LogP contribution in [0.1, 0.15) is 25.0 Å². The average molecular weight is 509 g/mol. The standard InChI is InChI=1S/C18H25F2N5O2.HI/c1-4-21-17(23-12-18(2,26)14-10-24-25(3)11-14)22-9-13-6-5-7-15(8-13)27-16(19)20;/h5-8,10-11,16,26H,4,9,12H2,1-3H3,(H2,21,22,23);1H. The van der Waals surface area contributed by atoms with Crippen LogP contribution in [0.4, 0.5) is 8.78 Å². The molecule has 1 aromatic heterocycles. The van der Waals surface area contributed by atoms with Crippen LogP contribution in [0.2, 0.25) is 0 Å². The third-order valence-corrected chi connectivity index (χ3v) is 3.81. The molecule has 0 saturated heterocycles. The smallest absolute Gasteiger partial charge is 0.387 e. The zero-order chi connectivity index (χ0) is 19.9. The number of guanidine groups is 1. The molecule has 3 N–H and O–H groups in total. The molecule has 0 radical (unpaired) electrons. The number of alkyl halides is 2. The van der Waals surface area contributed by atoms with Gasteiger partial charge in [0.1, 0.15) is 11.4 Å². The van der Waals surface area contributed by atoms with Gasteiger partial charge in [0.2, 0.25) is 0 Å². The Morgan fingerprint density at radius 2 is 2.14 bits per heavy atom. The Balaban J connectivity index is 0.00000392. The lowest BCUT2D eigenvalue weighted by Crippen LogP contribution is -2.44. The minimum atomic E-state index is -2.86. The maximum Gasteiger partial charge on any atom is 0.387 e. The Morgan fingerprint density at radius 3 is 2.75 bits per heavy atom. The van der Waals surface area contributed by atoms with Crippen LogP contribution in [0.5, 0.6) is 5.75 Å². The lowest BCUT2D eigenvalue weighted by atomic mass is 10.00. The quantitative estimate of drug-likeness (QED) is 0.290. The Labute approximate surface area is 180 Å². The number of aryl methyl sites for hydroxylation is 1. The topological polar surface area (TPSA) is 83.7 Å². The van der Waals surface area contributed by atoms with E-state index in [2.05, 4.69) is 25.5 Å². The monoisotopic (exact) mass is 509 g/mol. The van der Waals surface area contributed by atoms with Gasteiger partial charge in [0.15, 0.2) is 5.96 Å². The number of ether oxygens (including phenoxy) is 1. The number of nitrogens with zero attached hydrogens (tertiary/aromatic N) is 3. The predicted octanol–water partition coefficient (Wildman–Crippen LogP) is 2.60. The molecule has 0 bridgehead atoms. The van der Waals surface area contributed by atoms with Crippen LogP contribution in [-0.2, 0) is 19.2 Å². The van der Waals surface area contributed by atoms with Gasteiger partial charge in [-0.2, -0.15) is 13.9 Å². The van der Waals surface area contributed by atoms with Crippen molar-refractivity contribution < 1.29 is 18.6 Å².